The zero-order chi connectivity index (χ0) is 14.2. The van der Waals surface area contributed by atoms with Gasteiger partial charge < -0.3 is 5.73 Å². The lowest BCUT2D eigenvalue weighted by Gasteiger charge is -2.13. The summed E-state index contributed by atoms with van der Waals surface area (Å²) >= 11 is 6.78. The molecule has 0 aliphatic rings. The van der Waals surface area contributed by atoms with Crippen molar-refractivity contribution in [3.05, 3.63) is 39.7 Å². The van der Waals surface area contributed by atoms with Crippen molar-refractivity contribution >= 4 is 44.3 Å². The Morgan fingerprint density at radius 1 is 1.21 bits per heavy atom. The maximum Gasteiger partial charge on any atom is 0.271 e. The molecule has 0 atom stereocenters. The van der Waals surface area contributed by atoms with E-state index in [1.165, 1.54) is 6.07 Å². The van der Waals surface area contributed by atoms with Gasteiger partial charge in [0.15, 0.2) is 0 Å². The van der Waals surface area contributed by atoms with Crippen LogP contribution in [0.25, 0.3) is 0 Å². The van der Waals surface area contributed by atoms with Crippen LogP contribution < -0.4 is 10.5 Å². The van der Waals surface area contributed by atoms with E-state index in [-0.39, 0.29) is 4.21 Å². The van der Waals surface area contributed by atoms with Gasteiger partial charge in [-0.2, -0.15) is 0 Å². The third kappa shape index (κ3) is 3.02. The first-order valence-corrected chi connectivity index (χ1v) is 8.12. The van der Waals surface area contributed by atoms with E-state index >= 15 is 0 Å². The van der Waals surface area contributed by atoms with Crippen LogP contribution in [0.3, 0.4) is 0 Å². The molecule has 0 bridgehead atoms. The van der Waals surface area contributed by atoms with E-state index in [0.717, 1.165) is 22.5 Å². The van der Waals surface area contributed by atoms with Gasteiger partial charge in [0, 0.05) is 5.69 Å². The van der Waals surface area contributed by atoms with Gasteiger partial charge >= 0.3 is 0 Å². The van der Waals surface area contributed by atoms with Crippen molar-refractivity contribution < 1.29 is 8.42 Å². The fraction of sp³-hybridized carbons (Fsp3) is 0.167. The molecule has 2 aromatic rings. The van der Waals surface area contributed by atoms with E-state index in [9.17, 15) is 8.42 Å². The molecule has 4 nitrogen and oxygen atoms in total. The van der Waals surface area contributed by atoms with Crippen LogP contribution in [0.4, 0.5) is 11.4 Å². The minimum atomic E-state index is -3.61. The molecule has 19 heavy (non-hydrogen) atoms. The molecule has 102 valence electrons. The van der Waals surface area contributed by atoms with Crippen LogP contribution in [0.1, 0.15) is 11.1 Å². The molecule has 0 aliphatic heterocycles. The van der Waals surface area contributed by atoms with Crippen molar-refractivity contribution in [3.63, 3.8) is 0 Å². The van der Waals surface area contributed by atoms with Gasteiger partial charge in [0.2, 0.25) is 0 Å². The lowest BCUT2D eigenvalue weighted by atomic mass is 10.1. The topological polar surface area (TPSA) is 72.2 Å². The summed E-state index contributed by atoms with van der Waals surface area (Å²) in [6, 6.07) is 6.50. The van der Waals surface area contributed by atoms with Gasteiger partial charge in [-0.15, -0.1) is 11.3 Å². The van der Waals surface area contributed by atoms with E-state index in [1.807, 2.05) is 13.8 Å². The molecule has 0 aliphatic carbocycles. The summed E-state index contributed by atoms with van der Waals surface area (Å²) in [5.41, 5.74) is 8.44. The highest BCUT2D eigenvalue weighted by Crippen LogP contribution is 2.30. The fourth-order valence-electron chi connectivity index (χ4n) is 1.78. The summed E-state index contributed by atoms with van der Waals surface area (Å²) in [4.78, 5) is 0. The number of hydrogen-bond donors (Lipinski definition) is 2. The number of sulfonamides is 1. The molecule has 2 rings (SSSR count). The lowest BCUT2D eigenvalue weighted by Crippen LogP contribution is -2.13. The highest BCUT2D eigenvalue weighted by Gasteiger charge is 2.18. The second kappa shape index (κ2) is 5.03. The molecular formula is C12H13ClN2O2S2. The normalized spacial score (nSPS) is 11.5. The number of hydrogen-bond acceptors (Lipinski definition) is 4. The zero-order valence-corrected chi connectivity index (χ0v) is 12.8. The van der Waals surface area contributed by atoms with Crippen molar-refractivity contribution in [3.8, 4) is 0 Å². The number of nitrogen functional groups attached to an aromatic ring is 1. The number of anilines is 2. The van der Waals surface area contributed by atoms with Gasteiger partial charge in [-0.25, -0.2) is 8.42 Å². The molecule has 0 amide bonds. The molecule has 7 heteroatoms. The maximum absolute atomic E-state index is 12.2. The van der Waals surface area contributed by atoms with Crippen LogP contribution >= 0.6 is 22.9 Å². The lowest BCUT2D eigenvalue weighted by molar-refractivity contribution is 0.603. The molecule has 0 unspecified atom stereocenters. The molecule has 1 heterocycles. The Balaban J connectivity index is 2.41. The van der Waals surface area contributed by atoms with Gasteiger partial charge in [0.05, 0.1) is 10.0 Å². The number of aryl methyl sites for hydroxylation is 2. The van der Waals surface area contributed by atoms with Gasteiger partial charge in [-0.1, -0.05) is 11.6 Å². The van der Waals surface area contributed by atoms with E-state index in [4.69, 9.17) is 17.3 Å². The fourth-order valence-corrected chi connectivity index (χ4v) is 4.47. The standard InChI is InChI=1S/C12H13ClN2O2S2/c1-7-5-9(14)6-8(2)12(7)15-19(16,17)11-4-3-10(13)18-11/h3-6,15H,14H2,1-2H3. The Hall–Kier alpha value is -1.24. The molecule has 1 aromatic heterocycles. The monoisotopic (exact) mass is 316 g/mol. The largest absolute Gasteiger partial charge is 0.399 e. The van der Waals surface area contributed by atoms with E-state index < -0.39 is 10.0 Å². The van der Waals surface area contributed by atoms with Crippen LogP contribution in [-0.2, 0) is 10.0 Å². The smallest absolute Gasteiger partial charge is 0.271 e. The highest BCUT2D eigenvalue weighted by atomic mass is 35.5. The molecular weight excluding hydrogens is 304 g/mol. The number of nitrogens with two attached hydrogens (primary N) is 1. The average Bonchev–Trinajstić information content (AvgIpc) is 2.71. The highest BCUT2D eigenvalue weighted by molar-refractivity contribution is 7.94. The second-order valence-electron chi connectivity index (χ2n) is 4.19. The van der Waals surface area contributed by atoms with Crippen molar-refractivity contribution in [1.82, 2.24) is 0 Å². The van der Waals surface area contributed by atoms with Gasteiger partial charge in [0.25, 0.3) is 10.0 Å². The minimum absolute atomic E-state index is 0.188. The van der Waals surface area contributed by atoms with E-state index in [0.29, 0.717) is 15.7 Å². The number of halogens is 1. The van der Waals surface area contributed by atoms with Crippen LogP contribution in [0.15, 0.2) is 28.5 Å². The molecule has 1 aromatic carbocycles. The van der Waals surface area contributed by atoms with Crippen LogP contribution in [0, 0.1) is 13.8 Å². The molecule has 3 N–H and O–H groups in total. The summed E-state index contributed by atoms with van der Waals surface area (Å²) < 4.78 is 27.6. The first-order chi connectivity index (χ1) is 8.79. The van der Waals surface area contributed by atoms with Gasteiger partial charge in [0.1, 0.15) is 4.21 Å². The second-order valence-corrected chi connectivity index (χ2v) is 7.82. The third-order valence-corrected chi connectivity index (χ3v) is 5.68. The molecule has 0 spiro atoms. The van der Waals surface area contributed by atoms with Crippen molar-refractivity contribution in [2.75, 3.05) is 10.5 Å². The average molecular weight is 317 g/mol. The van der Waals surface area contributed by atoms with Crippen LogP contribution in [0.5, 0.6) is 0 Å². The predicted octanol–water partition coefficient (Wildman–Crippen LogP) is 3.40. The van der Waals surface area contributed by atoms with E-state index in [2.05, 4.69) is 4.72 Å². The number of rotatable bonds is 3. The Morgan fingerprint density at radius 2 is 1.79 bits per heavy atom. The Bertz CT molecular complexity index is 700. The quantitative estimate of drug-likeness (QED) is 0.852. The van der Waals surface area contributed by atoms with Crippen LogP contribution in [-0.4, -0.2) is 8.42 Å². The van der Waals surface area contributed by atoms with E-state index in [1.54, 1.807) is 18.2 Å². The van der Waals surface area contributed by atoms with Crippen molar-refractivity contribution in [2.24, 2.45) is 0 Å². The zero-order valence-electron chi connectivity index (χ0n) is 10.4. The Labute approximate surface area is 121 Å². The maximum atomic E-state index is 12.2. The summed E-state index contributed by atoms with van der Waals surface area (Å²) in [5, 5.41) is 0. The molecule has 0 saturated carbocycles. The summed E-state index contributed by atoms with van der Waals surface area (Å²) in [6.45, 7) is 3.62. The summed E-state index contributed by atoms with van der Waals surface area (Å²) in [7, 11) is -3.61. The third-order valence-electron chi connectivity index (χ3n) is 2.60. The molecule has 0 fully saturated rings. The molecule has 0 radical (unpaired) electrons. The first kappa shape index (κ1) is 14.2. The SMILES string of the molecule is Cc1cc(N)cc(C)c1NS(=O)(=O)c1ccc(Cl)s1. The van der Waals surface area contributed by atoms with Gasteiger partial charge in [-0.3, -0.25) is 4.72 Å². The Morgan fingerprint density at radius 3 is 2.26 bits per heavy atom. The molecule has 0 saturated heterocycles. The minimum Gasteiger partial charge on any atom is -0.399 e. The van der Waals surface area contributed by atoms with Gasteiger partial charge in [-0.05, 0) is 49.2 Å². The van der Waals surface area contributed by atoms with Crippen LogP contribution in [0.2, 0.25) is 4.34 Å². The van der Waals surface area contributed by atoms with Crippen molar-refractivity contribution in [2.45, 2.75) is 18.1 Å². The number of nitrogens with one attached hydrogen (secondary N) is 1. The summed E-state index contributed by atoms with van der Waals surface area (Å²) in [5.74, 6) is 0. The Kier molecular flexibility index (Phi) is 3.75. The predicted molar refractivity (Wildman–Crippen MR) is 80.5 cm³/mol. The van der Waals surface area contributed by atoms with Crippen molar-refractivity contribution in [1.29, 1.82) is 0 Å². The first-order valence-electron chi connectivity index (χ1n) is 5.44. The number of thiophene rings is 1. The summed E-state index contributed by atoms with van der Waals surface area (Å²) in [6.07, 6.45) is 0. The number of benzene rings is 1.